The third-order valence-electron chi connectivity index (χ3n) is 4.73. The van der Waals surface area contributed by atoms with Gasteiger partial charge in [-0.15, -0.1) is 0 Å². The molecule has 4 rings (SSSR count). The summed E-state index contributed by atoms with van der Waals surface area (Å²) in [6.07, 6.45) is 3.50. The van der Waals surface area contributed by atoms with Crippen molar-refractivity contribution < 1.29 is 14.2 Å². The first-order chi connectivity index (χ1) is 14.7. The zero-order valence-corrected chi connectivity index (χ0v) is 16.7. The average molecular weight is 400 g/mol. The Kier molecular flexibility index (Phi) is 5.48. The molecule has 30 heavy (non-hydrogen) atoms. The van der Waals surface area contributed by atoms with Gasteiger partial charge in [-0.2, -0.15) is 5.26 Å². The summed E-state index contributed by atoms with van der Waals surface area (Å²) in [7, 11) is 3.21. The van der Waals surface area contributed by atoms with Gasteiger partial charge in [0.15, 0.2) is 11.5 Å². The van der Waals surface area contributed by atoms with E-state index in [4.69, 9.17) is 19.5 Å². The third kappa shape index (κ3) is 4.03. The molecule has 0 saturated heterocycles. The normalized spacial score (nSPS) is 10.6. The summed E-state index contributed by atoms with van der Waals surface area (Å²) in [5.41, 5.74) is 4.36. The van der Waals surface area contributed by atoms with Crippen LogP contribution < -0.4 is 14.2 Å². The maximum Gasteiger partial charge on any atom is 0.212 e. The van der Waals surface area contributed by atoms with Crippen LogP contribution in [0.3, 0.4) is 0 Å². The Morgan fingerprint density at radius 1 is 0.933 bits per heavy atom. The van der Waals surface area contributed by atoms with Gasteiger partial charge < -0.3 is 18.8 Å². The second kappa shape index (κ2) is 8.53. The Labute approximate surface area is 174 Å². The molecule has 0 bridgehead atoms. The van der Waals surface area contributed by atoms with Crippen molar-refractivity contribution in [2.45, 2.75) is 13.2 Å². The smallest absolute Gasteiger partial charge is 0.212 e. The minimum absolute atomic E-state index is 0.375. The number of fused-ring (bicyclic) bond motifs is 1. The zero-order chi connectivity index (χ0) is 20.9. The fraction of sp³-hybridized carbons (Fsp3) is 0.174. The lowest BCUT2D eigenvalue weighted by atomic mass is 10.2. The number of aromatic nitrogens is 3. The summed E-state index contributed by atoms with van der Waals surface area (Å²) < 4.78 is 18.6. The van der Waals surface area contributed by atoms with E-state index in [1.807, 2.05) is 34.9 Å². The van der Waals surface area contributed by atoms with Crippen molar-refractivity contribution in [2.75, 3.05) is 14.2 Å². The molecule has 2 aromatic carbocycles. The van der Waals surface area contributed by atoms with Crippen LogP contribution in [0.5, 0.6) is 17.4 Å². The van der Waals surface area contributed by atoms with Crippen molar-refractivity contribution in [3.05, 3.63) is 77.7 Å². The standard InChI is InChI=1S/C23H20N4O3/c1-28-22-10-17(13-27-15-26-19-9-16(11-24)3-6-20(19)27)4-7-21(22)30-14-18-5-8-23(29-2)25-12-18/h3-10,12,15H,13-14H2,1-2H3. The van der Waals surface area contributed by atoms with Crippen molar-refractivity contribution in [2.24, 2.45) is 0 Å². The first kappa shape index (κ1) is 19.3. The summed E-state index contributed by atoms with van der Waals surface area (Å²) in [6.45, 7) is 1.00. The predicted molar refractivity (Wildman–Crippen MR) is 112 cm³/mol. The number of nitrogens with zero attached hydrogens (tertiary/aromatic N) is 4. The topological polar surface area (TPSA) is 82.2 Å². The van der Waals surface area contributed by atoms with E-state index in [1.54, 1.807) is 44.9 Å². The number of rotatable bonds is 7. The van der Waals surface area contributed by atoms with Crippen molar-refractivity contribution in [1.82, 2.24) is 14.5 Å². The van der Waals surface area contributed by atoms with Gasteiger partial charge in [-0.3, -0.25) is 0 Å². The molecule has 0 N–H and O–H groups in total. The molecule has 0 fully saturated rings. The number of benzene rings is 2. The number of pyridine rings is 1. The Balaban J connectivity index is 1.50. The highest BCUT2D eigenvalue weighted by Gasteiger charge is 2.09. The molecule has 0 spiro atoms. The van der Waals surface area contributed by atoms with Gasteiger partial charge in [0, 0.05) is 24.4 Å². The van der Waals surface area contributed by atoms with Gasteiger partial charge in [0.05, 0.1) is 43.2 Å². The van der Waals surface area contributed by atoms with Crippen LogP contribution in [0.2, 0.25) is 0 Å². The van der Waals surface area contributed by atoms with Crippen LogP contribution in [0.25, 0.3) is 11.0 Å². The summed E-state index contributed by atoms with van der Waals surface area (Å²) in [5.74, 6) is 1.88. The molecule has 0 aliphatic rings. The van der Waals surface area contributed by atoms with Crippen molar-refractivity contribution in [3.63, 3.8) is 0 Å². The van der Waals surface area contributed by atoms with E-state index >= 15 is 0 Å². The van der Waals surface area contributed by atoms with E-state index in [9.17, 15) is 0 Å². The molecule has 4 aromatic rings. The Bertz CT molecular complexity index is 1210. The molecule has 2 heterocycles. The molecule has 7 heteroatoms. The minimum atomic E-state index is 0.375. The first-order valence-electron chi connectivity index (χ1n) is 9.34. The number of ether oxygens (including phenoxy) is 3. The van der Waals surface area contributed by atoms with Crippen molar-refractivity contribution in [1.29, 1.82) is 5.26 Å². The molecule has 7 nitrogen and oxygen atoms in total. The van der Waals surface area contributed by atoms with Crippen LogP contribution in [0.15, 0.2) is 61.1 Å². The second-order valence-electron chi connectivity index (χ2n) is 6.67. The molecule has 0 aliphatic heterocycles. The van der Waals surface area contributed by atoms with E-state index in [0.29, 0.717) is 36.1 Å². The van der Waals surface area contributed by atoms with Crippen LogP contribution in [0.4, 0.5) is 0 Å². The quantitative estimate of drug-likeness (QED) is 0.467. The number of imidazole rings is 1. The molecule has 0 unspecified atom stereocenters. The lowest BCUT2D eigenvalue weighted by molar-refractivity contribution is 0.283. The largest absolute Gasteiger partial charge is 0.493 e. The number of hydrogen-bond donors (Lipinski definition) is 0. The molecular formula is C23H20N4O3. The van der Waals surface area contributed by atoms with Crippen molar-refractivity contribution in [3.8, 4) is 23.4 Å². The molecule has 0 amide bonds. The summed E-state index contributed by atoms with van der Waals surface area (Å²) in [5, 5.41) is 9.04. The second-order valence-corrected chi connectivity index (χ2v) is 6.67. The Morgan fingerprint density at radius 3 is 2.53 bits per heavy atom. The lowest BCUT2D eigenvalue weighted by Crippen LogP contribution is -2.01. The maximum absolute atomic E-state index is 9.04. The molecule has 0 radical (unpaired) electrons. The molecule has 0 atom stereocenters. The highest BCUT2D eigenvalue weighted by atomic mass is 16.5. The fourth-order valence-electron chi connectivity index (χ4n) is 3.16. The highest BCUT2D eigenvalue weighted by molar-refractivity contribution is 5.77. The van der Waals surface area contributed by atoms with E-state index in [1.165, 1.54) is 0 Å². The molecule has 2 aromatic heterocycles. The van der Waals surface area contributed by atoms with E-state index in [0.717, 1.165) is 22.2 Å². The van der Waals surface area contributed by atoms with E-state index < -0.39 is 0 Å². The van der Waals surface area contributed by atoms with Gasteiger partial charge in [0.2, 0.25) is 5.88 Å². The average Bonchev–Trinajstić information content (AvgIpc) is 3.20. The molecular weight excluding hydrogens is 380 g/mol. The van der Waals surface area contributed by atoms with E-state index in [2.05, 4.69) is 16.0 Å². The highest BCUT2D eigenvalue weighted by Crippen LogP contribution is 2.29. The monoisotopic (exact) mass is 400 g/mol. The maximum atomic E-state index is 9.04. The van der Waals surface area contributed by atoms with Gasteiger partial charge in [-0.1, -0.05) is 6.07 Å². The molecule has 0 saturated carbocycles. The summed E-state index contributed by atoms with van der Waals surface area (Å²) in [4.78, 5) is 8.58. The van der Waals surface area contributed by atoms with E-state index in [-0.39, 0.29) is 0 Å². The van der Waals surface area contributed by atoms with Gasteiger partial charge in [-0.05, 0) is 42.0 Å². The van der Waals surface area contributed by atoms with Crippen LogP contribution in [-0.2, 0) is 13.2 Å². The summed E-state index contributed by atoms with van der Waals surface area (Å²) in [6, 6.07) is 17.2. The summed E-state index contributed by atoms with van der Waals surface area (Å²) >= 11 is 0. The number of hydrogen-bond acceptors (Lipinski definition) is 6. The lowest BCUT2D eigenvalue weighted by Gasteiger charge is -2.13. The molecule has 0 aliphatic carbocycles. The molecule has 150 valence electrons. The van der Waals surface area contributed by atoms with Gasteiger partial charge in [0.25, 0.3) is 0 Å². The number of methoxy groups -OCH3 is 2. The first-order valence-corrected chi connectivity index (χ1v) is 9.34. The Hall–Kier alpha value is -4.05. The zero-order valence-electron chi connectivity index (χ0n) is 16.7. The van der Waals surface area contributed by atoms with Crippen LogP contribution >= 0.6 is 0 Å². The SMILES string of the molecule is COc1ccc(COc2ccc(Cn3cnc4cc(C#N)ccc43)cc2OC)cn1. The third-order valence-corrected chi connectivity index (χ3v) is 4.73. The van der Waals surface area contributed by atoms with Gasteiger partial charge in [0.1, 0.15) is 6.61 Å². The van der Waals surface area contributed by atoms with Crippen LogP contribution in [0, 0.1) is 11.3 Å². The number of nitriles is 1. The van der Waals surface area contributed by atoms with Gasteiger partial charge in [-0.25, -0.2) is 9.97 Å². The van der Waals surface area contributed by atoms with Crippen molar-refractivity contribution >= 4 is 11.0 Å². The minimum Gasteiger partial charge on any atom is -0.493 e. The fourth-order valence-corrected chi connectivity index (χ4v) is 3.16. The van der Waals surface area contributed by atoms with Crippen LogP contribution in [0.1, 0.15) is 16.7 Å². The van der Waals surface area contributed by atoms with Gasteiger partial charge >= 0.3 is 0 Å². The predicted octanol–water partition coefficient (Wildman–Crippen LogP) is 3.95. The van der Waals surface area contributed by atoms with Crippen LogP contribution in [-0.4, -0.2) is 28.8 Å². The Morgan fingerprint density at radius 2 is 1.80 bits per heavy atom.